The van der Waals surface area contributed by atoms with Gasteiger partial charge in [0.1, 0.15) is 0 Å². The van der Waals surface area contributed by atoms with E-state index in [1.807, 2.05) is 23.7 Å². The second kappa shape index (κ2) is 5.71. The average Bonchev–Trinajstić information content (AvgIpc) is 3.26. The maximum absolute atomic E-state index is 11.4. The van der Waals surface area contributed by atoms with Crippen molar-refractivity contribution >= 4 is 28.5 Å². The monoisotopic (exact) mass is 343 g/mol. The summed E-state index contributed by atoms with van der Waals surface area (Å²) < 4.78 is 7.31. The molecule has 0 unspecified atom stereocenters. The zero-order chi connectivity index (χ0) is 16.8. The predicted molar refractivity (Wildman–Crippen MR) is 93.8 cm³/mol. The normalized spacial score (nSPS) is 15.4. The van der Waals surface area contributed by atoms with Gasteiger partial charge < -0.3 is 14.1 Å². The number of hydrogen-bond donors (Lipinski definition) is 1. The molecule has 0 spiro atoms. The van der Waals surface area contributed by atoms with Crippen LogP contribution in [0.1, 0.15) is 47.5 Å². The van der Waals surface area contributed by atoms with Gasteiger partial charge in [-0.15, -0.1) is 0 Å². The molecule has 1 fully saturated rings. The van der Waals surface area contributed by atoms with Crippen LogP contribution in [0.5, 0.6) is 0 Å². The van der Waals surface area contributed by atoms with Gasteiger partial charge in [-0.2, -0.15) is 0 Å². The molecule has 0 saturated heterocycles. The first-order valence-corrected chi connectivity index (χ1v) is 8.54. The zero-order valence-electron chi connectivity index (χ0n) is 13.4. The number of aryl methyl sites for hydroxylation is 1. The molecule has 1 N–H and O–H groups in total. The van der Waals surface area contributed by atoms with E-state index in [1.165, 1.54) is 18.4 Å². The van der Waals surface area contributed by atoms with Crippen molar-refractivity contribution in [2.75, 3.05) is 0 Å². The maximum Gasteiger partial charge on any atom is 0.337 e. The van der Waals surface area contributed by atoms with E-state index >= 15 is 0 Å². The zero-order valence-corrected chi connectivity index (χ0v) is 14.1. The van der Waals surface area contributed by atoms with E-state index in [-0.39, 0.29) is 5.56 Å². The summed E-state index contributed by atoms with van der Waals surface area (Å²) in [5.41, 5.74) is 4.28. The molecule has 0 aliphatic heterocycles. The smallest absolute Gasteiger partial charge is 0.337 e. The molecule has 0 amide bonds. The fourth-order valence-electron chi connectivity index (χ4n) is 4.07. The first-order chi connectivity index (χ1) is 11.6. The summed E-state index contributed by atoms with van der Waals surface area (Å²) >= 11 is 6.47. The van der Waals surface area contributed by atoms with E-state index in [0.29, 0.717) is 10.9 Å². The third-order valence-electron chi connectivity index (χ3n) is 5.12. The number of carbonyl (C=O) groups is 1. The largest absolute Gasteiger partial charge is 0.478 e. The summed E-state index contributed by atoms with van der Waals surface area (Å²) in [5.74, 6) is -0.527. The third kappa shape index (κ3) is 2.17. The Labute approximate surface area is 144 Å². The maximum atomic E-state index is 11.4. The van der Waals surface area contributed by atoms with Gasteiger partial charge in [-0.25, -0.2) is 4.79 Å². The molecular formula is C19H18ClNO3. The van der Waals surface area contributed by atoms with Gasteiger partial charge in [0.25, 0.3) is 0 Å². The predicted octanol–water partition coefficient (Wildman–Crippen LogP) is 5.45. The van der Waals surface area contributed by atoms with Crippen molar-refractivity contribution in [2.24, 2.45) is 7.05 Å². The summed E-state index contributed by atoms with van der Waals surface area (Å²) in [6, 6.07) is 5.46. The summed E-state index contributed by atoms with van der Waals surface area (Å²) in [6.07, 6.45) is 8.17. The number of furan rings is 1. The fraction of sp³-hybridized carbons (Fsp3) is 0.316. The van der Waals surface area contributed by atoms with Crippen molar-refractivity contribution in [2.45, 2.75) is 31.6 Å². The molecular weight excluding hydrogens is 326 g/mol. The van der Waals surface area contributed by atoms with Crippen molar-refractivity contribution in [3.63, 3.8) is 0 Å². The van der Waals surface area contributed by atoms with Crippen LogP contribution < -0.4 is 0 Å². The highest BCUT2D eigenvalue weighted by atomic mass is 35.5. The number of benzene rings is 1. The van der Waals surface area contributed by atoms with E-state index in [0.717, 1.165) is 35.0 Å². The summed E-state index contributed by atoms with van der Waals surface area (Å²) in [6.45, 7) is 0. The summed E-state index contributed by atoms with van der Waals surface area (Å²) in [7, 11) is 1.95. The summed E-state index contributed by atoms with van der Waals surface area (Å²) in [5, 5.41) is 10.7. The first kappa shape index (κ1) is 15.3. The molecule has 0 bridgehead atoms. The minimum absolute atomic E-state index is 0.140. The van der Waals surface area contributed by atoms with Crippen LogP contribution in [0.15, 0.2) is 35.1 Å². The quantitative estimate of drug-likeness (QED) is 0.688. The van der Waals surface area contributed by atoms with Crippen LogP contribution in [-0.4, -0.2) is 15.6 Å². The molecule has 1 aliphatic carbocycles. The SMILES string of the molecule is Cn1c(-c2ccoc2)c(C2CCCC2)c2ccc(C(=O)O)c(Cl)c21. The first-order valence-electron chi connectivity index (χ1n) is 8.16. The van der Waals surface area contributed by atoms with Gasteiger partial charge in [0.05, 0.1) is 34.3 Å². The molecule has 0 atom stereocenters. The van der Waals surface area contributed by atoms with E-state index in [9.17, 15) is 9.90 Å². The lowest BCUT2D eigenvalue weighted by molar-refractivity contribution is 0.0697. The number of carboxylic acids is 1. The minimum atomic E-state index is -1.00. The van der Waals surface area contributed by atoms with Gasteiger partial charge in [-0.05, 0) is 36.5 Å². The number of rotatable bonds is 3. The highest BCUT2D eigenvalue weighted by Gasteiger charge is 2.28. The Hall–Kier alpha value is -2.20. The molecule has 24 heavy (non-hydrogen) atoms. The number of fused-ring (bicyclic) bond motifs is 1. The molecule has 1 saturated carbocycles. The van der Waals surface area contributed by atoms with Crippen LogP contribution in [0.2, 0.25) is 5.02 Å². The van der Waals surface area contributed by atoms with Gasteiger partial charge in [-0.3, -0.25) is 0 Å². The second-order valence-corrected chi connectivity index (χ2v) is 6.82. The van der Waals surface area contributed by atoms with Gasteiger partial charge in [0.2, 0.25) is 0 Å². The molecule has 5 heteroatoms. The number of carboxylic acid groups (broad SMARTS) is 1. The molecule has 124 valence electrons. The lowest BCUT2D eigenvalue weighted by atomic mass is 9.92. The standard InChI is InChI=1S/C19H18ClNO3/c1-21-17(12-8-9-24-10-12)15(11-4-2-3-5-11)13-6-7-14(19(22)23)16(20)18(13)21/h6-11H,2-5H2,1H3,(H,22,23). The summed E-state index contributed by atoms with van der Waals surface area (Å²) in [4.78, 5) is 11.4. The Balaban J connectivity index is 2.08. The Kier molecular flexibility index (Phi) is 3.65. The molecule has 3 aromatic rings. The highest BCUT2D eigenvalue weighted by molar-refractivity contribution is 6.38. The molecule has 2 heterocycles. The van der Waals surface area contributed by atoms with Crippen molar-refractivity contribution in [3.8, 4) is 11.3 Å². The average molecular weight is 344 g/mol. The molecule has 4 rings (SSSR count). The molecule has 1 aromatic carbocycles. The van der Waals surface area contributed by atoms with Crippen LogP contribution in [0.25, 0.3) is 22.2 Å². The minimum Gasteiger partial charge on any atom is -0.478 e. The van der Waals surface area contributed by atoms with Gasteiger partial charge in [0.15, 0.2) is 0 Å². The van der Waals surface area contributed by atoms with E-state index < -0.39 is 5.97 Å². The number of hydrogen-bond acceptors (Lipinski definition) is 2. The molecule has 1 aliphatic rings. The van der Waals surface area contributed by atoms with Gasteiger partial charge in [0, 0.05) is 18.0 Å². The van der Waals surface area contributed by atoms with Crippen molar-refractivity contribution in [1.82, 2.24) is 4.57 Å². The van der Waals surface area contributed by atoms with Crippen LogP contribution in [0.4, 0.5) is 0 Å². The Morgan fingerprint density at radius 3 is 2.67 bits per heavy atom. The van der Waals surface area contributed by atoms with E-state index in [1.54, 1.807) is 18.6 Å². The van der Waals surface area contributed by atoms with Gasteiger partial charge >= 0.3 is 5.97 Å². The van der Waals surface area contributed by atoms with Crippen LogP contribution in [0.3, 0.4) is 0 Å². The van der Waals surface area contributed by atoms with E-state index in [4.69, 9.17) is 16.0 Å². The molecule has 2 aromatic heterocycles. The Bertz CT molecular complexity index is 918. The Morgan fingerprint density at radius 1 is 1.29 bits per heavy atom. The molecule has 0 radical (unpaired) electrons. The van der Waals surface area contributed by atoms with Crippen LogP contribution >= 0.6 is 11.6 Å². The van der Waals surface area contributed by atoms with Crippen molar-refractivity contribution < 1.29 is 14.3 Å². The number of aromatic nitrogens is 1. The van der Waals surface area contributed by atoms with Crippen molar-refractivity contribution in [3.05, 3.63) is 46.9 Å². The molecule has 4 nitrogen and oxygen atoms in total. The second-order valence-electron chi connectivity index (χ2n) is 6.44. The highest BCUT2D eigenvalue weighted by Crippen LogP contribution is 2.46. The number of halogens is 1. The number of nitrogens with zero attached hydrogens (tertiary/aromatic N) is 1. The lowest BCUT2D eigenvalue weighted by Gasteiger charge is -2.12. The van der Waals surface area contributed by atoms with Crippen LogP contribution in [0, 0.1) is 0 Å². The lowest BCUT2D eigenvalue weighted by Crippen LogP contribution is -1.99. The topological polar surface area (TPSA) is 55.4 Å². The fourth-order valence-corrected chi connectivity index (χ4v) is 4.44. The van der Waals surface area contributed by atoms with Gasteiger partial charge in [-0.1, -0.05) is 30.5 Å². The number of aromatic carboxylic acids is 1. The third-order valence-corrected chi connectivity index (χ3v) is 5.50. The van der Waals surface area contributed by atoms with Crippen LogP contribution in [-0.2, 0) is 7.05 Å². The van der Waals surface area contributed by atoms with E-state index in [2.05, 4.69) is 0 Å². The van der Waals surface area contributed by atoms with Crippen molar-refractivity contribution in [1.29, 1.82) is 0 Å². The Morgan fingerprint density at radius 2 is 2.04 bits per heavy atom.